The molecule has 1 saturated heterocycles. The van der Waals surface area contributed by atoms with Gasteiger partial charge in [0.1, 0.15) is 0 Å². The fourth-order valence-electron chi connectivity index (χ4n) is 2.90. The molecular formula is C20H34IN3O2. The van der Waals surface area contributed by atoms with E-state index >= 15 is 0 Å². The first-order valence-electron chi connectivity index (χ1n) is 9.40. The summed E-state index contributed by atoms with van der Waals surface area (Å²) < 4.78 is 11.1. The summed E-state index contributed by atoms with van der Waals surface area (Å²) in [6, 6.07) is 8.50. The van der Waals surface area contributed by atoms with Crippen LogP contribution in [-0.2, 0) is 16.0 Å². The van der Waals surface area contributed by atoms with E-state index in [0.717, 1.165) is 64.9 Å². The van der Waals surface area contributed by atoms with Crippen molar-refractivity contribution in [1.29, 1.82) is 0 Å². The van der Waals surface area contributed by atoms with Gasteiger partial charge in [-0.25, -0.2) is 0 Å². The van der Waals surface area contributed by atoms with E-state index in [2.05, 4.69) is 55.4 Å². The minimum absolute atomic E-state index is 0. The monoisotopic (exact) mass is 475 g/mol. The molecule has 0 amide bonds. The summed E-state index contributed by atoms with van der Waals surface area (Å²) >= 11 is 0. The molecular weight excluding hydrogens is 441 g/mol. The summed E-state index contributed by atoms with van der Waals surface area (Å²) in [5, 5.41) is 3.38. The number of halogens is 1. The molecule has 26 heavy (non-hydrogen) atoms. The highest BCUT2D eigenvalue weighted by Crippen LogP contribution is 2.12. The van der Waals surface area contributed by atoms with Crippen LogP contribution < -0.4 is 5.32 Å². The first-order valence-corrected chi connectivity index (χ1v) is 9.40. The van der Waals surface area contributed by atoms with Gasteiger partial charge in [-0.2, -0.15) is 0 Å². The van der Waals surface area contributed by atoms with Crippen molar-refractivity contribution in [3.05, 3.63) is 35.4 Å². The zero-order chi connectivity index (χ0) is 17.9. The molecule has 0 aliphatic carbocycles. The van der Waals surface area contributed by atoms with Crippen LogP contribution in [-0.4, -0.2) is 57.4 Å². The minimum atomic E-state index is 0. The molecule has 1 N–H and O–H groups in total. The number of ether oxygens (including phenoxy) is 2. The molecule has 1 fully saturated rings. The maximum Gasteiger partial charge on any atom is 0.193 e. The first-order chi connectivity index (χ1) is 12.2. The highest BCUT2D eigenvalue weighted by molar-refractivity contribution is 14.0. The Labute approximate surface area is 175 Å². The molecule has 0 bridgehead atoms. The molecule has 1 unspecified atom stereocenters. The predicted octanol–water partition coefficient (Wildman–Crippen LogP) is 3.45. The van der Waals surface area contributed by atoms with E-state index in [9.17, 15) is 0 Å². The fourth-order valence-corrected chi connectivity index (χ4v) is 2.90. The summed E-state index contributed by atoms with van der Waals surface area (Å²) in [6.45, 7) is 10.1. The zero-order valence-electron chi connectivity index (χ0n) is 16.4. The molecule has 1 heterocycles. The zero-order valence-corrected chi connectivity index (χ0v) is 18.7. The Morgan fingerprint density at radius 2 is 2.19 bits per heavy atom. The van der Waals surface area contributed by atoms with Gasteiger partial charge in [-0.05, 0) is 37.8 Å². The molecule has 1 aliphatic rings. The van der Waals surface area contributed by atoms with Gasteiger partial charge < -0.3 is 19.7 Å². The van der Waals surface area contributed by atoms with E-state index in [-0.39, 0.29) is 24.0 Å². The number of nitrogens with zero attached hydrogens (tertiary/aromatic N) is 2. The van der Waals surface area contributed by atoms with Gasteiger partial charge in [0.25, 0.3) is 0 Å². The Morgan fingerprint density at radius 3 is 2.88 bits per heavy atom. The molecule has 2 rings (SSSR count). The van der Waals surface area contributed by atoms with E-state index in [1.165, 1.54) is 11.1 Å². The highest BCUT2D eigenvalue weighted by Gasteiger charge is 2.15. The van der Waals surface area contributed by atoms with Crippen molar-refractivity contribution in [2.24, 2.45) is 10.9 Å². The molecule has 1 aliphatic heterocycles. The second-order valence-electron chi connectivity index (χ2n) is 6.68. The smallest absolute Gasteiger partial charge is 0.193 e. The van der Waals surface area contributed by atoms with Gasteiger partial charge in [0.15, 0.2) is 5.96 Å². The van der Waals surface area contributed by atoms with Crippen LogP contribution in [0.3, 0.4) is 0 Å². The van der Waals surface area contributed by atoms with Crippen LogP contribution in [0.25, 0.3) is 0 Å². The molecule has 0 aromatic heterocycles. The Balaban J connectivity index is 0.00000338. The lowest BCUT2D eigenvalue weighted by Gasteiger charge is -2.23. The minimum Gasteiger partial charge on any atom is -0.381 e. The van der Waals surface area contributed by atoms with Gasteiger partial charge in [-0.1, -0.05) is 24.3 Å². The van der Waals surface area contributed by atoms with Crippen LogP contribution in [0.1, 0.15) is 30.9 Å². The van der Waals surface area contributed by atoms with Gasteiger partial charge in [-0.15, -0.1) is 24.0 Å². The SMILES string of the molecule is CCNC(=NCCCOCC1CCOC1)N(C)Cc1ccccc1C.I. The first kappa shape index (κ1) is 23.2. The molecule has 0 radical (unpaired) electrons. The van der Waals surface area contributed by atoms with Crippen molar-refractivity contribution in [2.45, 2.75) is 33.2 Å². The number of benzene rings is 1. The van der Waals surface area contributed by atoms with E-state index in [1.54, 1.807) is 0 Å². The molecule has 0 spiro atoms. The van der Waals surface area contributed by atoms with Crippen LogP contribution >= 0.6 is 24.0 Å². The maximum absolute atomic E-state index is 5.75. The van der Waals surface area contributed by atoms with E-state index < -0.39 is 0 Å². The van der Waals surface area contributed by atoms with Crippen molar-refractivity contribution in [2.75, 3.05) is 46.6 Å². The Kier molecular flexibility index (Phi) is 11.9. The lowest BCUT2D eigenvalue weighted by molar-refractivity contribution is 0.0893. The van der Waals surface area contributed by atoms with Crippen LogP contribution in [0.2, 0.25) is 0 Å². The molecule has 1 aromatic carbocycles. The van der Waals surface area contributed by atoms with Gasteiger partial charge >= 0.3 is 0 Å². The molecule has 148 valence electrons. The number of hydrogen-bond donors (Lipinski definition) is 1. The molecule has 1 aromatic rings. The topological polar surface area (TPSA) is 46.1 Å². The average molecular weight is 475 g/mol. The van der Waals surface area contributed by atoms with Gasteiger partial charge in [-0.3, -0.25) is 4.99 Å². The second kappa shape index (κ2) is 13.3. The predicted molar refractivity (Wildman–Crippen MR) is 118 cm³/mol. The maximum atomic E-state index is 5.75. The third kappa shape index (κ3) is 8.22. The van der Waals surface area contributed by atoms with Crippen molar-refractivity contribution in [3.63, 3.8) is 0 Å². The van der Waals surface area contributed by atoms with Crippen LogP contribution in [0.4, 0.5) is 0 Å². The normalized spacial score (nSPS) is 17.0. The number of hydrogen-bond acceptors (Lipinski definition) is 3. The van der Waals surface area contributed by atoms with E-state index in [4.69, 9.17) is 14.5 Å². The van der Waals surface area contributed by atoms with E-state index in [1.807, 2.05) is 0 Å². The van der Waals surface area contributed by atoms with Crippen molar-refractivity contribution in [1.82, 2.24) is 10.2 Å². The lowest BCUT2D eigenvalue weighted by atomic mass is 10.1. The Hall–Kier alpha value is -0.860. The quantitative estimate of drug-likeness (QED) is 0.257. The third-order valence-electron chi connectivity index (χ3n) is 4.45. The highest BCUT2D eigenvalue weighted by atomic mass is 127. The average Bonchev–Trinajstić information content (AvgIpc) is 3.12. The summed E-state index contributed by atoms with van der Waals surface area (Å²) in [5.74, 6) is 1.54. The second-order valence-corrected chi connectivity index (χ2v) is 6.68. The third-order valence-corrected chi connectivity index (χ3v) is 4.45. The van der Waals surface area contributed by atoms with Gasteiger partial charge in [0.2, 0.25) is 0 Å². The largest absolute Gasteiger partial charge is 0.381 e. The summed E-state index contributed by atoms with van der Waals surface area (Å²) in [7, 11) is 2.09. The molecule has 1 atom stereocenters. The summed E-state index contributed by atoms with van der Waals surface area (Å²) in [6.07, 6.45) is 2.08. The summed E-state index contributed by atoms with van der Waals surface area (Å²) in [5.41, 5.74) is 2.65. The van der Waals surface area contributed by atoms with Crippen LogP contribution in [0.5, 0.6) is 0 Å². The molecule has 5 nitrogen and oxygen atoms in total. The number of nitrogens with one attached hydrogen (secondary N) is 1. The Morgan fingerprint density at radius 1 is 1.38 bits per heavy atom. The van der Waals surface area contributed by atoms with Crippen molar-refractivity contribution in [3.8, 4) is 0 Å². The van der Waals surface area contributed by atoms with Gasteiger partial charge in [0, 0.05) is 45.8 Å². The number of guanidine groups is 1. The molecule has 6 heteroatoms. The van der Waals surface area contributed by atoms with Crippen LogP contribution in [0.15, 0.2) is 29.3 Å². The van der Waals surface area contributed by atoms with Crippen LogP contribution in [0, 0.1) is 12.8 Å². The van der Waals surface area contributed by atoms with Crippen molar-refractivity contribution >= 4 is 29.9 Å². The number of aliphatic imine (C=N–C) groups is 1. The van der Waals surface area contributed by atoms with Crippen molar-refractivity contribution < 1.29 is 9.47 Å². The standard InChI is InChI=1S/C20H33N3O2.HI/c1-4-21-20(23(3)14-19-9-6-5-8-17(19)2)22-11-7-12-24-15-18-10-13-25-16-18;/h5-6,8-9,18H,4,7,10-16H2,1-3H3,(H,21,22);1H. The molecule has 0 saturated carbocycles. The Bertz CT molecular complexity index is 534. The number of aryl methyl sites for hydroxylation is 1. The van der Waals surface area contributed by atoms with E-state index in [0.29, 0.717) is 5.92 Å². The number of rotatable bonds is 9. The summed E-state index contributed by atoms with van der Waals surface area (Å²) in [4.78, 5) is 6.92. The van der Waals surface area contributed by atoms with Gasteiger partial charge in [0.05, 0.1) is 13.2 Å². The lowest BCUT2D eigenvalue weighted by Crippen LogP contribution is -2.38. The fraction of sp³-hybridized carbons (Fsp3) is 0.650.